The van der Waals surface area contributed by atoms with Crippen molar-refractivity contribution in [1.29, 1.82) is 0 Å². The van der Waals surface area contributed by atoms with Crippen LogP contribution in [0, 0.1) is 0 Å². The summed E-state index contributed by atoms with van der Waals surface area (Å²) in [6.07, 6.45) is 2.54. The maximum absolute atomic E-state index is 11.8. The molecule has 108 valence electrons. The van der Waals surface area contributed by atoms with Gasteiger partial charge in [0.05, 0.1) is 18.1 Å². The molecule has 1 aliphatic rings. The summed E-state index contributed by atoms with van der Waals surface area (Å²) < 4.78 is 5.73. The predicted octanol–water partition coefficient (Wildman–Crippen LogP) is 1.92. The van der Waals surface area contributed by atoms with E-state index < -0.39 is 0 Å². The number of hydrogen-bond acceptors (Lipinski definition) is 5. The molecule has 1 N–H and O–H groups in total. The molecule has 1 unspecified atom stereocenters. The summed E-state index contributed by atoms with van der Waals surface area (Å²) in [7, 11) is 0. The summed E-state index contributed by atoms with van der Waals surface area (Å²) in [6.45, 7) is 2.73. The summed E-state index contributed by atoms with van der Waals surface area (Å²) in [6, 6.07) is 3.58. The van der Waals surface area contributed by atoms with Gasteiger partial charge in [0.2, 0.25) is 11.8 Å². The van der Waals surface area contributed by atoms with E-state index in [1.807, 2.05) is 6.92 Å². The van der Waals surface area contributed by atoms with Crippen LogP contribution in [0.2, 0.25) is 0 Å². The molecular formula is C13H16N2O3S2. The van der Waals surface area contributed by atoms with Crippen molar-refractivity contribution in [3.05, 3.63) is 24.2 Å². The van der Waals surface area contributed by atoms with Crippen molar-refractivity contribution in [2.75, 3.05) is 6.54 Å². The second kappa shape index (κ2) is 6.90. The number of hydrogen-bond donors (Lipinski definition) is 1. The molecule has 5 nitrogen and oxygen atoms in total. The maximum Gasteiger partial charge on any atom is 0.241 e. The Morgan fingerprint density at radius 3 is 3.00 bits per heavy atom. The molecule has 1 aliphatic heterocycles. The van der Waals surface area contributed by atoms with Crippen LogP contribution in [0.5, 0.6) is 0 Å². The van der Waals surface area contributed by atoms with E-state index in [1.54, 1.807) is 23.3 Å². The minimum Gasteiger partial charge on any atom is -0.467 e. The van der Waals surface area contributed by atoms with E-state index in [-0.39, 0.29) is 17.1 Å². The van der Waals surface area contributed by atoms with E-state index in [0.29, 0.717) is 30.3 Å². The number of thioether (sulfide) groups is 1. The van der Waals surface area contributed by atoms with Crippen LogP contribution in [0.4, 0.5) is 0 Å². The predicted molar refractivity (Wildman–Crippen MR) is 81.2 cm³/mol. The molecule has 1 aromatic heterocycles. The molecule has 2 rings (SSSR count). The summed E-state index contributed by atoms with van der Waals surface area (Å²) >= 11 is 6.53. The van der Waals surface area contributed by atoms with Crippen LogP contribution >= 0.6 is 24.0 Å². The molecule has 0 aliphatic carbocycles. The molecule has 1 fully saturated rings. The smallest absolute Gasteiger partial charge is 0.241 e. The van der Waals surface area contributed by atoms with Crippen molar-refractivity contribution >= 4 is 40.1 Å². The van der Waals surface area contributed by atoms with Gasteiger partial charge in [-0.25, -0.2) is 0 Å². The van der Waals surface area contributed by atoms with Crippen LogP contribution in [-0.4, -0.2) is 32.8 Å². The average Bonchev–Trinajstić information content (AvgIpc) is 3.00. The number of carbonyl (C=O) groups is 2. The Bertz CT molecular complexity index is 502. The Hall–Kier alpha value is -1.34. The van der Waals surface area contributed by atoms with E-state index in [0.717, 1.165) is 5.76 Å². The number of nitrogens with one attached hydrogen (secondary N) is 1. The highest BCUT2D eigenvalue weighted by Gasteiger charge is 2.33. The Kier molecular flexibility index (Phi) is 5.19. The number of thiocarbonyl (C=S) groups is 1. The van der Waals surface area contributed by atoms with E-state index >= 15 is 0 Å². The first-order valence-electron chi connectivity index (χ1n) is 6.39. The first-order chi connectivity index (χ1) is 9.58. The average molecular weight is 312 g/mol. The zero-order chi connectivity index (χ0) is 14.5. The molecule has 2 heterocycles. The van der Waals surface area contributed by atoms with Crippen LogP contribution < -0.4 is 5.32 Å². The summed E-state index contributed by atoms with van der Waals surface area (Å²) in [4.78, 5) is 25.0. The highest BCUT2D eigenvalue weighted by atomic mass is 32.2. The Labute approximate surface area is 127 Å². The number of amides is 2. The third-order valence-corrected chi connectivity index (χ3v) is 4.42. The highest BCUT2D eigenvalue weighted by Crippen LogP contribution is 2.26. The van der Waals surface area contributed by atoms with E-state index in [4.69, 9.17) is 16.6 Å². The first-order valence-corrected chi connectivity index (χ1v) is 7.68. The highest BCUT2D eigenvalue weighted by molar-refractivity contribution is 8.24. The Balaban J connectivity index is 1.66. The molecule has 0 spiro atoms. The van der Waals surface area contributed by atoms with E-state index in [2.05, 4.69) is 5.32 Å². The zero-order valence-corrected chi connectivity index (χ0v) is 12.8. The molecule has 0 radical (unpaired) electrons. The van der Waals surface area contributed by atoms with Crippen LogP contribution in [0.1, 0.15) is 25.5 Å². The third kappa shape index (κ3) is 3.83. The third-order valence-electron chi connectivity index (χ3n) is 2.94. The lowest BCUT2D eigenvalue weighted by atomic mass is 10.2. The quantitative estimate of drug-likeness (QED) is 0.813. The molecule has 1 atom stereocenters. The molecule has 0 saturated carbocycles. The normalized spacial score (nSPS) is 18.6. The fourth-order valence-corrected chi connectivity index (χ4v) is 3.31. The van der Waals surface area contributed by atoms with Gasteiger partial charge < -0.3 is 9.73 Å². The van der Waals surface area contributed by atoms with Gasteiger partial charge in [0, 0.05) is 13.0 Å². The molecular weight excluding hydrogens is 296 g/mol. The van der Waals surface area contributed by atoms with Crippen LogP contribution in [0.25, 0.3) is 0 Å². The molecule has 1 aromatic rings. The molecule has 7 heteroatoms. The van der Waals surface area contributed by atoms with Crippen molar-refractivity contribution in [1.82, 2.24) is 10.2 Å². The largest absolute Gasteiger partial charge is 0.467 e. The van der Waals surface area contributed by atoms with Crippen molar-refractivity contribution in [3.63, 3.8) is 0 Å². The van der Waals surface area contributed by atoms with Gasteiger partial charge in [-0.05, 0) is 25.5 Å². The number of nitrogens with zero attached hydrogens (tertiary/aromatic N) is 1. The lowest BCUT2D eigenvalue weighted by Crippen LogP contribution is -2.32. The Morgan fingerprint density at radius 1 is 1.60 bits per heavy atom. The van der Waals surface area contributed by atoms with Gasteiger partial charge in [-0.3, -0.25) is 14.5 Å². The summed E-state index contributed by atoms with van der Waals surface area (Å²) in [5.41, 5.74) is 0. The van der Waals surface area contributed by atoms with Crippen molar-refractivity contribution in [2.24, 2.45) is 0 Å². The summed E-state index contributed by atoms with van der Waals surface area (Å²) in [5, 5.41) is 2.67. The minimum absolute atomic E-state index is 0.0380. The van der Waals surface area contributed by atoms with E-state index in [1.165, 1.54) is 11.8 Å². The Morgan fingerprint density at radius 2 is 2.40 bits per heavy atom. The number of carbonyl (C=O) groups excluding carboxylic acids is 2. The second-order valence-electron chi connectivity index (χ2n) is 4.48. The standard InChI is InChI=1S/C13H16N2O3S2/c1-9-12(17)15(13(19)20-9)6-2-5-11(16)14-8-10-4-3-7-18-10/h3-4,7,9H,2,5-6,8H2,1H3,(H,14,16). The monoisotopic (exact) mass is 312 g/mol. The van der Waals surface area contributed by atoms with Crippen molar-refractivity contribution in [3.8, 4) is 0 Å². The van der Waals surface area contributed by atoms with Gasteiger partial charge in [-0.15, -0.1) is 0 Å². The van der Waals surface area contributed by atoms with Gasteiger partial charge >= 0.3 is 0 Å². The van der Waals surface area contributed by atoms with Gasteiger partial charge in [0.15, 0.2) is 0 Å². The summed E-state index contributed by atoms with van der Waals surface area (Å²) in [5.74, 6) is 0.704. The fourth-order valence-electron chi connectivity index (χ4n) is 1.86. The minimum atomic E-state index is -0.102. The molecule has 1 saturated heterocycles. The molecule has 2 amide bonds. The second-order valence-corrected chi connectivity index (χ2v) is 6.45. The van der Waals surface area contributed by atoms with Gasteiger partial charge in [-0.2, -0.15) is 0 Å². The first kappa shape index (κ1) is 15.1. The lowest BCUT2D eigenvalue weighted by Gasteiger charge is -2.14. The lowest BCUT2D eigenvalue weighted by molar-refractivity contribution is -0.126. The number of furan rings is 1. The van der Waals surface area contributed by atoms with Gasteiger partial charge in [0.1, 0.15) is 10.1 Å². The molecule has 0 bridgehead atoms. The van der Waals surface area contributed by atoms with E-state index in [9.17, 15) is 9.59 Å². The van der Waals surface area contributed by atoms with Crippen LogP contribution in [0.15, 0.2) is 22.8 Å². The van der Waals surface area contributed by atoms with Crippen molar-refractivity contribution in [2.45, 2.75) is 31.6 Å². The maximum atomic E-state index is 11.8. The SMILES string of the molecule is CC1SC(=S)N(CCCC(=O)NCc2ccco2)C1=O. The van der Waals surface area contributed by atoms with Gasteiger partial charge in [0.25, 0.3) is 0 Å². The molecule has 20 heavy (non-hydrogen) atoms. The van der Waals surface area contributed by atoms with Crippen LogP contribution in [-0.2, 0) is 16.1 Å². The topological polar surface area (TPSA) is 62.6 Å². The van der Waals surface area contributed by atoms with Crippen molar-refractivity contribution < 1.29 is 14.0 Å². The number of rotatable bonds is 6. The zero-order valence-electron chi connectivity index (χ0n) is 11.1. The molecule has 0 aromatic carbocycles. The van der Waals surface area contributed by atoms with Gasteiger partial charge in [-0.1, -0.05) is 24.0 Å². The fraction of sp³-hybridized carbons (Fsp3) is 0.462. The van der Waals surface area contributed by atoms with Crippen LogP contribution in [0.3, 0.4) is 0 Å².